The van der Waals surface area contributed by atoms with Gasteiger partial charge < -0.3 is 9.64 Å². The van der Waals surface area contributed by atoms with E-state index in [1.807, 2.05) is 0 Å². The minimum atomic E-state index is -0.597. The van der Waals surface area contributed by atoms with Crippen molar-refractivity contribution in [3.05, 3.63) is 11.6 Å². The van der Waals surface area contributed by atoms with E-state index >= 15 is 0 Å². The molecule has 1 aromatic heterocycles. The average Bonchev–Trinajstić information content (AvgIpc) is 2.96. The first-order valence-electron chi connectivity index (χ1n) is 6.06. The summed E-state index contributed by atoms with van der Waals surface area (Å²) in [5.74, 6) is -0.215. The van der Waals surface area contributed by atoms with Crippen LogP contribution in [0.3, 0.4) is 0 Å². The fourth-order valence-electron chi connectivity index (χ4n) is 2.12. The van der Waals surface area contributed by atoms with Crippen LogP contribution in [-0.4, -0.2) is 59.1 Å². The van der Waals surface area contributed by atoms with Gasteiger partial charge in [-0.05, 0) is 0 Å². The van der Waals surface area contributed by atoms with Crippen LogP contribution in [0.2, 0.25) is 0 Å². The first-order chi connectivity index (χ1) is 9.63. The lowest BCUT2D eigenvalue weighted by atomic mass is 10.0. The summed E-state index contributed by atoms with van der Waals surface area (Å²) in [6.45, 7) is 1.14. The van der Waals surface area contributed by atoms with E-state index in [2.05, 4.69) is 15.0 Å². The Bertz CT molecular complexity index is 525. The van der Waals surface area contributed by atoms with Gasteiger partial charge in [0, 0.05) is 37.1 Å². The number of cyclic esters (lactones) is 1. The number of imide groups is 1. The highest BCUT2D eigenvalue weighted by molar-refractivity contribution is 7.13. The van der Waals surface area contributed by atoms with Crippen molar-refractivity contribution in [2.75, 3.05) is 31.6 Å². The normalized spacial score (nSPS) is 19.0. The van der Waals surface area contributed by atoms with E-state index in [-0.39, 0.29) is 24.5 Å². The third-order valence-electron chi connectivity index (χ3n) is 3.17. The first kappa shape index (κ1) is 12.9. The number of nitrogens with one attached hydrogen (secondary N) is 1. The molecule has 3 rings (SSSR count). The van der Waals surface area contributed by atoms with Crippen molar-refractivity contribution in [1.29, 1.82) is 0 Å². The molecule has 0 aliphatic carbocycles. The lowest BCUT2D eigenvalue weighted by Crippen LogP contribution is -2.55. The van der Waals surface area contributed by atoms with Crippen molar-refractivity contribution in [2.24, 2.45) is 5.92 Å². The number of anilines is 1. The molecule has 1 N–H and O–H groups in total. The second-order valence-corrected chi connectivity index (χ2v) is 5.49. The van der Waals surface area contributed by atoms with E-state index in [1.165, 1.54) is 11.3 Å². The topological polar surface area (TPSA) is 91.8 Å². The Kier molecular flexibility index (Phi) is 3.26. The second-order valence-electron chi connectivity index (χ2n) is 4.60. The number of likely N-dealkylation sites (tertiary alicyclic amines) is 1. The Balaban J connectivity index is 1.45. The van der Waals surface area contributed by atoms with Crippen LogP contribution in [0.4, 0.5) is 14.7 Å². The number of hydrogen-bond acceptors (Lipinski definition) is 6. The summed E-state index contributed by atoms with van der Waals surface area (Å²) in [6.07, 6.45) is 1.02. The SMILES string of the molecule is O=C(Nc1nccs1)N1CC(CN2C(=O)COC2=O)C1. The van der Waals surface area contributed by atoms with Gasteiger partial charge in [-0.1, -0.05) is 0 Å². The second kappa shape index (κ2) is 5.08. The summed E-state index contributed by atoms with van der Waals surface area (Å²) in [4.78, 5) is 41.1. The molecule has 0 radical (unpaired) electrons. The van der Waals surface area contributed by atoms with Crippen molar-refractivity contribution in [3.63, 3.8) is 0 Å². The van der Waals surface area contributed by atoms with Gasteiger partial charge in [0.2, 0.25) is 0 Å². The number of thiazole rings is 1. The van der Waals surface area contributed by atoms with Crippen molar-refractivity contribution >= 4 is 34.5 Å². The Hall–Kier alpha value is -2.16. The summed E-state index contributed by atoms with van der Waals surface area (Å²) in [5, 5.41) is 5.01. The largest absolute Gasteiger partial charge is 0.439 e. The van der Waals surface area contributed by atoms with Gasteiger partial charge in [-0.25, -0.2) is 19.5 Å². The predicted octanol–water partition coefficient (Wildman–Crippen LogP) is 0.586. The molecule has 2 aliphatic rings. The molecule has 0 saturated carbocycles. The molecule has 0 spiro atoms. The lowest BCUT2D eigenvalue weighted by molar-refractivity contribution is -0.126. The van der Waals surface area contributed by atoms with E-state index < -0.39 is 6.09 Å². The summed E-state index contributed by atoms with van der Waals surface area (Å²) in [7, 11) is 0. The number of amides is 4. The standard InChI is InChI=1S/C11H12N4O4S/c16-8-6-19-11(18)15(8)5-7-3-14(4-7)10(17)13-9-12-1-2-20-9/h1-2,7H,3-6H2,(H,12,13,17). The number of hydrogen-bond donors (Lipinski definition) is 1. The van der Waals surface area contributed by atoms with Crippen LogP contribution in [0.5, 0.6) is 0 Å². The number of aromatic nitrogens is 1. The van der Waals surface area contributed by atoms with E-state index in [0.29, 0.717) is 24.8 Å². The smallest absolute Gasteiger partial charge is 0.417 e. The zero-order valence-electron chi connectivity index (χ0n) is 10.4. The zero-order valence-corrected chi connectivity index (χ0v) is 11.3. The molecule has 2 aliphatic heterocycles. The van der Waals surface area contributed by atoms with Gasteiger partial charge in [-0.3, -0.25) is 10.1 Å². The number of ether oxygens (including phenoxy) is 1. The van der Waals surface area contributed by atoms with E-state index in [0.717, 1.165) is 4.90 Å². The summed E-state index contributed by atoms with van der Waals surface area (Å²) >= 11 is 1.35. The molecule has 0 aromatic carbocycles. The van der Waals surface area contributed by atoms with Crippen LogP contribution >= 0.6 is 11.3 Å². The molecule has 2 fully saturated rings. The van der Waals surface area contributed by atoms with E-state index in [9.17, 15) is 14.4 Å². The molecule has 9 heteroatoms. The van der Waals surface area contributed by atoms with Gasteiger partial charge >= 0.3 is 12.1 Å². The lowest BCUT2D eigenvalue weighted by Gasteiger charge is -2.39. The zero-order chi connectivity index (χ0) is 14.1. The highest BCUT2D eigenvalue weighted by Crippen LogP contribution is 2.21. The number of carbonyl (C=O) groups is 3. The van der Waals surface area contributed by atoms with Gasteiger partial charge in [0.15, 0.2) is 11.7 Å². The third kappa shape index (κ3) is 2.44. The molecular weight excluding hydrogens is 284 g/mol. The van der Waals surface area contributed by atoms with Crippen LogP contribution in [0.15, 0.2) is 11.6 Å². The maximum atomic E-state index is 11.8. The molecule has 2 saturated heterocycles. The monoisotopic (exact) mass is 296 g/mol. The van der Waals surface area contributed by atoms with Crippen LogP contribution in [-0.2, 0) is 9.53 Å². The minimum absolute atomic E-state index is 0.103. The quantitative estimate of drug-likeness (QED) is 0.881. The van der Waals surface area contributed by atoms with Crippen molar-refractivity contribution in [2.45, 2.75) is 0 Å². The summed E-state index contributed by atoms with van der Waals surface area (Å²) < 4.78 is 4.63. The van der Waals surface area contributed by atoms with Crippen molar-refractivity contribution < 1.29 is 19.1 Å². The molecule has 1 aromatic rings. The van der Waals surface area contributed by atoms with E-state index in [1.54, 1.807) is 16.5 Å². The maximum absolute atomic E-state index is 11.8. The van der Waals surface area contributed by atoms with Gasteiger partial charge in [0.25, 0.3) is 5.91 Å². The predicted molar refractivity (Wildman–Crippen MR) is 69.3 cm³/mol. The minimum Gasteiger partial charge on any atom is -0.439 e. The molecule has 4 amide bonds. The van der Waals surface area contributed by atoms with Crippen LogP contribution < -0.4 is 5.32 Å². The Morgan fingerprint density at radius 1 is 1.50 bits per heavy atom. The molecule has 0 bridgehead atoms. The third-order valence-corrected chi connectivity index (χ3v) is 3.86. The van der Waals surface area contributed by atoms with Gasteiger partial charge in [0.1, 0.15) is 0 Å². The average molecular weight is 296 g/mol. The number of urea groups is 1. The van der Waals surface area contributed by atoms with Crippen LogP contribution in [0, 0.1) is 5.92 Å². The molecule has 3 heterocycles. The van der Waals surface area contributed by atoms with Gasteiger partial charge in [-0.2, -0.15) is 0 Å². The van der Waals surface area contributed by atoms with Crippen LogP contribution in [0.1, 0.15) is 0 Å². The molecule has 8 nitrogen and oxygen atoms in total. The molecular formula is C11H12N4O4S. The Labute approximate surface area is 118 Å². The number of nitrogens with zero attached hydrogens (tertiary/aromatic N) is 3. The van der Waals surface area contributed by atoms with Crippen LogP contribution in [0.25, 0.3) is 0 Å². The number of carbonyl (C=O) groups excluding carboxylic acids is 3. The van der Waals surface area contributed by atoms with E-state index in [4.69, 9.17) is 0 Å². The Morgan fingerprint density at radius 3 is 2.90 bits per heavy atom. The highest BCUT2D eigenvalue weighted by Gasteiger charge is 2.38. The molecule has 0 unspecified atom stereocenters. The summed E-state index contributed by atoms with van der Waals surface area (Å²) in [6, 6.07) is -0.216. The number of rotatable bonds is 3. The fraction of sp³-hybridized carbons (Fsp3) is 0.455. The molecule has 0 atom stereocenters. The molecule has 20 heavy (non-hydrogen) atoms. The summed E-state index contributed by atoms with van der Waals surface area (Å²) in [5.41, 5.74) is 0. The Morgan fingerprint density at radius 2 is 2.30 bits per heavy atom. The van der Waals surface area contributed by atoms with Crippen molar-refractivity contribution in [3.8, 4) is 0 Å². The van der Waals surface area contributed by atoms with Gasteiger partial charge in [-0.15, -0.1) is 11.3 Å². The highest BCUT2D eigenvalue weighted by atomic mass is 32.1. The van der Waals surface area contributed by atoms with Crippen molar-refractivity contribution in [1.82, 2.24) is 14.8 Å². The van der Waals surface area contributed by atoms with Gasteiger partial charge in [0.05, 0.1) is 0 Å². The first-order valence-corrected chi connectivity index (χ1v) is 6.94. The molecule has 106 valence electrons. The maximum Gasteiger partial charge on any atom is 0.417 e. The fourth-order valence-corrected chi connectivity index (χ4v) is 2.64.